The van der Waals surface area contributed by atoms with Crippen LogP contribution in [0, 0.1) is 0 Å². The summed E-state index contributed by atoms with van der Waals surface area (Å²) in [6.07, 6.45) is 1.00. The zero-order valence-corrected chi connectivity index (χ0v) is 19.3. The van der Waals surface area contributed by atoms with Gasteiger partial charge in [-0.25, -0.2) is 0 Å². The number of furan rings is 1. The second-order valence-electron chi connectivity index (χ2n) is 7.80. The Kier molecular flexibility index (Phi) is 7.45. The molecule has 1 aromatic heterocycles. The monoisotopic (exact) mass is 457 g/mol. The quantitative estimate of drug-likeness (QED) is 0.468. The maximum Gasteiger partial charge on any atom is 0.174 e. The van der Waals surface area contributed by atoms with Gasteiger partial charge in [-0.3, -0.25) is 4.90 Å². The second kappa shape index (κ2) is 10.5. The van der Waals surface area contributed by atoms with Crippen LogP contribution in [0.3, 0.4) is 0 Å². The maximum absolute atomic E-state index is 6.15. The highest BCUT2D eigenvalue weighted by molar-refractivity contribution is 7.80. The third-order valence-corrected chi connectivity index (χ3v) is 6.21. The molecule has 2 heterocycles. The van der Waals surface area contributed by atoms with Crippen molar-refractivity contribution in [1.29, 1.82) is 0 Å². The van der Waals surface area contributed by atoms with Crippen LogP contribution in [-0.2, 0) is 4.74 Å². The summed E-state index contributed by atoms with van der Waals surface area (Å²) in [5.41, 5.74) is 1.78. The molecule has 0 radical (unpaired) electrons. The fourth-order valence-electron chi connectivity index (χ4n) is 3.88. The van der Waals surface area contributed by atoms with Gasteiger partial charge in [0.25, 0.3) is 0 Å². The normalized spacial score (nSPS) is 15.7. The Balaban J connectivity index is 1.49. The van der Waals surface area contributed by atoms with Gasteiger partial charge in [0, 0.05) is 42.3 Å². The molecular weight excluding hydrogens is 430 g/mol. The molecule has 5 nitrogen and oxygen atoms in total. The fraction of sp³-hybridized carbons (Fsp3) is 0.375. The van der Waals surface area contributed by atoms with E-state index in [1.807, 2.05) is 42.5 Å². The van der Waals surface area contributed by atoms with E-state index in [0.717, 1.165) is 68.2 Å². The minimum atomic E-state index is -0.00345. The third-order valence-electron chi connectivity index (χ3n) is 5.64. The average molecular weight is 458 g/mol. The smallest absolute Gasteiger partial charge is 0.174 e. The number of nitrogens with one attached hydrogen (secondary N) is 1. The summed E-state index contributed by atoms with van der Waals surface area (Å²) >= 11 is 12.0. The molecule has 3 aromatic rings. The first kappa shape index (κ1) is 22.1. The van der Waals surface area contributed by atoms with Gasteiger partial charge in [-0.2, -0.15) is 0 Å². The van der Waals surface area contributed by atoms with Crippen LogP contribution in [0.5, 0.6) is 0 Å². The number of anilines is 1. The Bertz CT molecular complexity index is 986. The van der Waals surface area contributed by atoms with Crippen LogP contribution in [0.25, 0.3) is 11.0 Å². The van der Waals surface area contributed by atoms with Crippen LogP contribution in [0.15, 0.2) is 59.0 Å². The largest absolute Gasteiger partial charge is 0.459 e. The Labute approximate surface area is 193 Å². The molecular formula is C24H28ClN3O2S. The van der Waals surface area contributed by atoms with Crippen LogP contribution in [0.4, 0.5) is 5.69 Å². The van der Waals surface area contributed by atoms with Crippen molar-refractivity contribution in [3.8, 4) is 0 Å². The van der Waals surface area contributed by atoms with E-state index in [4.69, 9.17) is 33.0 Å². The van der Waals surface area contributed by atoms with Crippen LogP contribution < -0.4 is 5.32 Å². The summed E-state index contributed by atoms with van der Waals surface area (Å²) in [6.45, 7) is 7.59. The van der Waals surface area contributed by atoms with Crippen LogP contribution in [0.1, 0.15) is 25.1 Å². The molecule has 7 heteroatoms. The molecule has 164 valence electrons. The first-order chi connectivity index (χ1) is 15.1. The zero-order chi connectivity index (χ0) is 21.6. The topological polar surface area (TPSA) is 40.9 Å². The molecule has 1 saturated heterocycles. The molecule has 0 saturated carbocycles. The van der Waals surface area contributed by atoms with Crippen molar-refractivity contribution >= 4 is 45.6 Å². The summed E-state index contributed by atoms with van der Waals surface area (Å²) in [6, 6.07) is 17.8. The van der Waals surface area contributed by atoms with E-state index in [1.54, 1.807) is 0 Å². The zero-order valence-electron chi connectivity index (χ0n) is 17.7. The van der Waals surface area contributed by atoms with Crippen LogP contribution >= 0.6 is 23.8 Å². The Morgan fingerprint density at radius 3 is 2.74 bits per heavy atom. The van der Waals surface area contributed by atoms with Crippen molar-refractivity contribution in [2.24, 2.45) is 0 Å². The van der Waals surface area contributed by atoms with Crippen LogP contribution in [0.2, 0.25) is 5.02 Å². The summed E-state index contributed by atoms with van der Waals surface area (Å²) < 4.78 is 11.6. The summed E-state index contributed by atoms with van der Waals surface area (Å²) in [4.78, 5) is 4.65. The number of morpholine rings is 1. The lowest BCUT2D eigenvalue weighted by Gasteiger charge is -2.32. The van der Waals surface area contributed by atoms with Gasteiger partial charge >= 0.3 is 0 Å². The highest BCUT2D eigenvalue weighted by Gasteiger charge is 2.22. The molecule has 1 aliphatic rings. The van der Waals surface area contributed by atoms with Crippen molar-refractivity contribution < 1.29 is 9.15 Å². The number of para-hydroxylation sites is 1. The molecule has 4 rings (SSSR count). The number of rotatable bonds is 7. The minimum Gasteiger partial charge on any atom is -0.459 e. The van der Waals surface area contributed by atoms with Crippen molar-refractivity contribution in [1.82, 2.24) is 9.80 Å². The standard InChI is InChI=1S/C24H28ClN3O2S/c1-18(23-16-19-6-2-3-9-22(19)30-23)28(11-5-10-27-12-14-29-15-13-27)24(31)26-21-8-4-7-20(25)17-21/h2-4,6-9,16-18H,5,10-15H2,1H3,(H,26,31)/t18-/m1/s1. The van der Waals surface area contributed by atoms with Gasteiger partial charge in [0.1, 0.15) is 11.3 Å². The first-order valence-electron chi connectivity index (χ1n) is 10.7. The van der Waals surface area contributed by atoms with Crippen molar-refractivity contribution in [2.45, 2.75) is 19.4 Å². The van der Waals surface area contributed by atoms with E-state index in [9.17, 15) is 0 Å². The minimum absolute atomic E-state index is 0.00345. The summed E-state index contributed by atoms with van der Waals surface area (Å²) in [7, 11) is 0. The molecule has 0 aliphatic carbocycles. The lowest BCUT2D eigenvalue weighted by molar-refractivity contribution is 0.0365. The molecule has 0 spiro atoms. The lowest BCUT2D eigenvalue weighted by Crippen LogP contribution is -2.41. The molecule has 0 amide bonds. The van der Waals surface area contributed by atoms with Gasteiger partial charge in [-0.05, 0) is 55.9 Å². The first-order valence-corrected chi connectivity index (χ1v) is 11.5. The Hall–Kier alpha value is -2.12. The third kappa shape index (κ3) is 5.77. The number of halogens is 1. The number of hydrogen-bond donors (Lipinski definition) is 1. The molecule has 31 heavy (non-hydrogen) atoms. The van der Waals surface area contributed by atoms with Crippen molar-refractivity contribution in [2.75, 3.05) is 44.7 Å². The molecule has 1 fully saturated rings. The predicted molar refractivity (Wildman–Crippen MR) is 131 cm³/mol. The number of thiocarbonyl (C=S) groups is 1. The number of benzene rings is 2. The highest BCUT2D eigenvalue weighted by atomic mass is 35.5. The number of nitrogens with zero attached hydrogens (tertiary/aromatic N) is 2. The number of ether oxygens (including phenoxy) is 1. The molecule has 1 N–H and O–H groups in total. The average Bonchev–Trinajstić information content (AvgIpc) is 3.21. The Morgan fingerprint density at radius 1 is 1.16 bits per heavy atom. The van der Waals surface area contributed by atoms with Gasteiger partial charge in [0.05, 0.1) is 19.3 Å². The van der Waals surface area contributed by atoms with E-state index in [1.165, 1.54) is 0 Å². The molecule has 1 aliphatic heterocycles. The van der Waals surface area contributed by atoms with Gasteiger partial charge in [-0.15, -0.1) is 0 Å². The molecule has 2 aromatic carbocycles. The number of fused-ring (bicyclic) bond motifs is 1. The summed E-state index contributed by atoms with van der Waals surface area (Å²) in [5, 5.41) is 5.80. The van der Waals surface area contributed by atoms with Crippen molar-refractivity contribution in [3.05, 3.63) is 65.4 Å². The van der Waals surface area contributed by atoms with Crippen molar-refractivity contribution in [3.63, 3.8) is 0 Å². The lowest BCUT2D eigenvalue weighted by atomic mass is 10.2. The van der Waals surface area contributed by atoms with Crippen LogP contribution in [-0.4, -0.2) is 54.3 Å². The molecule has 0 unspecified atom stereocenters. The molecule has 0 bridgehead atoms. The SMILES string of the molecule is C[C@H](c1cc2ccccc2o1)N(CCCN1CCOCC1)C(=S)Nc1cccc(Cl)c1. The van der Waals surface area contributed by atoms with E-state index in [2.05, 4.69) is 34.2 Å². The van der Waals surface area contributed by atoms with Gasteiger partial charge in [-0.1, -0.05) is 35.9 Å². The van der Waals surface area contributed by atoms with Gasteiger partial charge in [0.15, 0.2) is 5.11 Å². The van der Waals surface area contributed by atoms with E-state index in [-0.39, 0.29) is 6.04 Å². The molecule has 1 atom stereocenters. The van der Waals surface area contributed by atoms with E-state index < -0.39 is 0 Å². The van der Waals surface area contributed by atoms with E-state index in [0.29, 0.717) is 10.1 Å². The highest BCUT2D eigenvalue weighted by Crippen LogP contribution is 2.28. The predicted octanol–water partition coefficient (Wildman–Crippen LogP) is 5.57. The Morgan fingerprint density at radius 2 is 1.97 bits per heavy atom. The number of hydrogen-bond acceptors (Lipinski definition) is 4. The summed E-state index contributed by atoms with van der Waals surface area (Å²) in [5.74, 6) is 0.905. The fourth-order valence-corrected chi connectivity index (χ4v) is 4.44. The maximum atomic E-state index is 6.15. The van der Waals surface area contributed by atoms with E-state index >= 15 is 0 Å². The van der Waals surface area contributed by atoms with Gasteiger partial charge < -0.3 is 19.4 Å². The second-order valence-corrected chi connectivity index (χ2v) is 8.63. The van der Waals surface area contributed by atoms with Gasteiger partial charge in [0.2, 0.25) is 0 Å².